The molecule has 0 spiro atoms. The van der Waals surface area contributed by atoms with Crippen LogP contribution in [0.4, 0.5) is 5.82 Å². The monoisotopic (exact) mass is 284 g/mol. The van der Waals surface area contributed by atoms with Gasteiger partial charge < -0.3 is 15.2 Å². The van der Waals surface area contributed by atoms with Gasteiger partial charge in [0.05, 0.1) is 0 Å². The highest BCUT2D eigenvalue weighted by molar-refractivity contribution is 5.92. The summed E-state index contributed by atoms with van der Waals surface area (Å²) in [5, 5.41) is 2.92. The van der Waals surface area contributed by atoms with Crippen LogP contribution in [0.3, 0.4) is 0 Å². The van der Waals surface area contributed by atoms with Gasteiger partial charge in [-0.15, -0.1) is 0 Å². The molecule has 0 radical (unpaired) electrons. The lowest BCUT2D eigenvalue weighted by Crippen LogP contribution is -2.30. The van der Waals surface area contributed by atoms with Gasteiger partial charge in [0, 0.05) is 32.0 Å². The molecule has 0 bridgehead atoms. The largest absolute Gasteiger partial charge is 0.357 e. The molecule has 2 aromatic rings. The summed E-state index contributed by atoms with van der Waals surface area (Å²) in [6.45, 7) is 2.66. The first-order chi connectivity index (χ1) is 10.3. The third-order valence-electron chi connectivity index (χ3n) is 3.79. The smallest absolute Gasteiger partial charge is 0.267 e. The van der Waals surface area contributed by atoms with Gasteiger partial charge in [-0.25, -0.2) is 4.98 Å². The summed E-state index contributed by atoms with van der Waals surface area (Å²) in [6.07, 6.45) is 7.34. The number of amides is 1. The number of hydrogen-bond acceptors (Lipinski definition) is 3. The van der Waals surface area contributed by atoms with Crippen molar-refractivity contribution < 1.29 is 4.79 Å². The molecule has 0 aromatic carbocycles. The predicted octanol–water partition coefficient (Wildman–Crippen LogP) is 2.33. The summed E-state index contributed by atoms with van der Waals surface area (Å²) < 4.78 is 0. The Kier molecular flexibility index (Phi) is 4.19. The molecule has 1 aliphatic heterocycles. The van der Waals surface area contributed by atoms with Crippen molar-refractivity contribution in [2.45, 2.75) is 25.8 Å². The third-order valence-corrected chi connectivity index (χ3v) is 3.79. The van der Waals surface area contributed by atoms with E-state index in [1.54, 1.807) is 12.3 Å². The van der Waals surface area contributed by atoms with E-state index in [9.17, 15) is 4.79 Å². The first kappa shape index (κ1) is 13.7. The molecule has 5 nitrogen and oxygen atoms in total. The zero-order chi connectivity index (χ0) is 14.5. The molecule has 110 valence electrons. The van der Waals surface area contributed by atoms with Crippen LogP contribution in [0, 0.1) is 0 Å². The van der Waals surface area contributed by atoms with Crippen LogP contribution in [-0.4, -0.2) is 29.0 Å². The van der Waals surface area contributed by atoms with Crippen molar-refractivity contribution in [2.75, 3.05) is 18.0 Å². The van der Waals surface area contributed by atoms with E-state index in [2.05, 4.69) is 26.3 Å². The standard InChI is InChI=1S/C16H20N4O/c21-16(14-5-4-7-17-14)19-12-13-6-8-18-15(11-13)20-9-2-1-3-10-20/h4-8,11,17H,1-3,9-10,12H2,(H,19,21). The molecule has 0 saturated carbocycles. The second-order valence-corrected chi connectivity index (χ2v) is 5.34. The molecule has 2 aromatic heterocycles. The molecule has 0 atom stereocenters. The molecule has 1 fully saturated rings. The molecule has 2 N–H and O–H groups in total. The van der Waals surface area contributed by atoms with Gasteiger partial charge in [-0.05, 0) is 49.1 Å². The molecule has 5 heteroatoms. The topological polar surface area (TPSA) is 61.0 Å². The van der Waals surface area contributed by atoms with Crippen LogP contribution in [0.2, 0.25) is 0 Å². The van der Waals surface area contributed by atoms with Gasteiger partial charge in [0.2, 0.25) is 0 Å². The number of carbonyl (C=O) groups is 1. The lowest BCUT2D eigenvalue weighted by Gasteiger charge is -2.27. The van der Waals surface area contributed by atoms with Crippen molar-refractivity contribution in [3.63, 3.8) is 0 Å². The molecule has 1 saturated heterocycles. The lowest BCUT2D eigenvalue weighted by atomic mass is 10.1. The van der Waals surface area contributed by atoms with Crippen molar-refractivity contribution in [1.82, 2.24) is 15.3 Å². The van der Waals surface area contributed by atoms with Gasteiger partial charge in [-0.1, -0.05) is 0 Å². The molecule has 1 aliphatic rings. The summed E-state index contributed by atoms with van der Waals surface area (Å²) in [4.78, 5) is 21.6. The lowest BCUT2D eigenvalue weighted by molar-refractivity contribution is 0.0946. The maximum Gasteiger partial charge on any atom is 0.267 e. The van der Waals surface area contributed by atoms with Crippen molar-refractivity contribution in [1.29, 1.82) is 0 Å². The number of anilines is 1. The zero-order valence-corrected chi connectivity index (χ0v) is 12.0. The Morgan fingerprint density at radius 3 is 2.90 bits per heavy atom. The van der Waals surface area contributed by atoms with E-state index in [1.165, 1.54) is 19.3 Å². The molecule has 0 unspecified atom stereocenters. The van der Waals surface area contributed by atoms with Crippen molar-refractivity contribution in [3.05, 3.63) is 47.9 Å². The summed E-state index contributed by atoms with van der Waals surface area (Å²) in [7, 11) is 0. The fourth-order valence-corrected chi connectivity index (χ4v) is 2.62. The number of rotatable bonds is 4. The number of nitrogens with one attached hydrogen (secondary N) is 2. The van der Waals surface area contributed by atoms with Crippen molar-refractivity contribution >= 4 is 11.7 Å². The molecule has 0 aliphatic carbocycles. The fraction of sp³-hybridized carbons (Fsp3) is 0.375. The van der Waals surface area contributed by atoms with Crippen LogP contribution in [0.25, 0.3) is 0 Å². The molecular formula is C16H20N4O. The van der Waals surface area contributed by atoms with Crippen molar-refractivity contribution in [3.8, 4) is 0 Å². The van der Waals surface area contributed by atoms with Gasteiger partial charge >= 0.3 is 0 Å². The minimum Gasteiger partial charge on any atom is -0.357 e. The van der Waals surface area contributed by atoms with E-state index in [-0.39, 0.29) is 5.91 Å². The SMILES string of the molecule is O=C(NCc1ccnc(N2CCCCC2)c1)c1ccc[nH]1. The highest BCUT2D eigenvalue weighted by Gasteiger charge is 2.12. The number of hydrogen-bond donors (Lipinski definition) is 2. The minimum atomic E-state index is -0.0867. The average Bonchev–Trinajstić information content (AvgIpc) is 3.08. The first-order valence-corrected chi connectivity index (χ1v) is 7.44. The third kappa shape index (κ3) is 3.42. The summed E-state index contributed by atoms with van der Waals surface area (Å²) in [5.41, 5.74) is 1.66. The zero-order valence-electron chi connectivity index (χ0n) is 12.0. The Bertz CT molecular complexity index is 588. The minimum absolute atomic E-state index is 0.0867. The Morgan fingerprint density at radius 1 is 1.29 bits per heavy atom. The van der Waals surface area contributed by atoms with Crippen molar-refractivity contribution in [2.24, 2.45) is 0 Å². The number of H-pyrrole nitrogens is 1. The number of carbonyl (C=O) groups excluding carboxylic acids is 1. The molecule has 3 heterocycles. The normalized spacial score (nSPS) is 15.0. The maximum absolute atomic E-state index is 11.9. The average molecular weight is 284 g/mol. The summed E-state index contributed by atoms with van der Waals surface area (Å²) in [5.74, 6) is 0.928. The van der Waals surface area contributed by atoms with Crippen LogP contribution in [0.15, 0.2) is 36.7 Å². The van der Waals surface area contributed by atoms with Crippen LogP contribution in [0.1, 0.15) is 35.3 Å². The van der Waals surface area contributed by atoms with Crippen LogP contribution < -0.4 is 10.2 Å². The number of aromatic nitrogens is 2. The van der Waals surface area contributed by atoms with Gasteiger partial charge in [0.1, 0.15) is 11.5 Å². The van der Waals surface area contributed by atoms with Gasteiger partial charge in [-0.3, -0.25) is 4.79 Å². The predicted molar refractivity (Wildman–Crippen MR) is 82.3 cm³/mol. The van der Waals surface area contributed by atoms with Crippen LogP contribution >= 0.6 is 0 Å². The molecular weight excluding hydrogens is 264 g/mol. The van der Waals surface area contributed by atoms with Gasteiger partial charge in [0.15, 0.2) is 0 Å². The first-order valence-electron chi connectivity index (χ1n) is 7.44. The quantitative estimate of drug-likeness (QED) is 0.906. The van der Waals surface area contributed by atoms with E-state index < -0.39 is 0 Å². The highest BCUT2D eigenvalue weighted by atomic mass is 16.1. The second-order valence-electron chi connectivity index (χ2n) is 5.34. The van der Waals surface area contributed by atoms with Gasteiger partial charge in [0.25, 0.3) is 5.91 Å². The van der Waals surface area contributed by atoms with Crippen LogP contribution in [0.5, 0.6) is 0 Å². The van der Waals surface area contributed by atoms with Gasteiger partial charge in [-0.2, -0.15) is 0 Å². The number of pyridine rings is 1. The van der Waals surface area contributed by atoms with E-state index >= 15 is 0 Å². The second kappa shape index (κ2) is 6.43. The Labute approximate surface area is 124 Å². The summed E-state index contributed by atoms with van der Waals surface area (Å²) in [6, 6.07) is 7.60. The number of piperidine rings is 1. The van der Waals surface area contributed by atoms with E-state index in [1.807, 2.05) is 18.3 Å². The number of aromatic amines is 1. The molecule has 21 heavy (non-hydrogen) atoms. The summed E-state index contributed by atoms with van der Waals surface area (Å²) >= 11 is 0. The van der Waals surface area contributed by atoms with E-state index in [4.69, 9.17) is 0 Å². The Morgan fingerprint density at radius 2 is 2.14 bits per heavy atom. The van der Waals surface area contributed by atoms with Crippen LogP contribution in [-0.2, 0) is 6.54 Å². The maximum atomic E-state index is 11.9. The number of nitrogens with zero attached hydrogens (tertiary/aromatic N) is 2. The Balaban J connectivity index is 1.62. The van der Waals surface area contributed by atoms with E-state index in [0.29, 0.717) is 12.2 Å². The Hall–Kier alpha value is -2.30. The fourth-order valence-electron chi connectivity index (χ4n) is 2.62. The molecule has 3 rings (SSSR count). The molecule has 1 amide bonds. The highest BCUT2D eigenvalue weighted by Crippen LogP contribution is 2.18. The van der Waals surface area contributed by atoms with E-state index in [0.717, 1.165) is 24.5 Å².